The third-order valence-corrected chi connectivity index (χ3v) is 4.09. The van der Waals surface area contributed by atoms with Gasteiger partial charge >= 0.3 is 0 Å². The van der Waals surface area contributed by atoms with E-state index in [1.54, 1.807) is 6.07 Å². The molecule has 0 saturated heterocycles. The first-order valence-electron chi connectivity index (χ1n) is 6.20. The van der Waals surface area contributed by atoms with Crippen molar-refractivity contribution in [2.45, 2.75) is 19.3 Å². The molecule has 4 nitrogen and oxygen atoms in total. The zero-order valence-electron chi connectivity index (χ0n) is 10.5. The molecule has 2 aromatic rings. The van der Waals surface area contributed by atoms with Gasteiger partial charge in [0.15, 0.2) is 0 Å². The number of furan rings is 1. The van der Waals surface area contributed by atoms with Crippen molar-refractivity contribution in [1.82, 2.24) is 5.43 Å². The van der Waals surface area contributed by atoms with Crippen LogP contribution in [0.25, 0.3) is 0 Å². The summed E-state index contributed by atoms with van der Waals surface area (Å²) in [5.41, 5.74) is 2.48. The van der Waals surface area contributed by atoms with Gasteiger partial charge in [-0.15, -0.1) is 11.3 Å². The number of hydrogen-bond acceptors (Lipinski definition) is 4. The molecule has 98 valence electrons. The first kappa shape index (κ1) is 12.2. The first-order valence-corrected chi connectivity index (χ1v) is 7.08. The Morgan fingerprint density at radius 2 is 2.37 bits per heavy atom. The highest BCUT2D eigenvalue weighted by Gasteiger charge is 2.36. The summed E-state index contributed by atoms with van der Waals surface area (Å²) in [5.74, 6) is 2.75. The molecular formula is C14H14N2O2S. The molecule has 19 heavy (non-hydrogen) atoms. The Bertz CT molecular complexity index is 601. The second-order valence-corrected chi connectivity index (χ2v) is 5.68. The maximum atomic E-state index is 11.6. The molecule has 1 N–H and O–H groups in total. The van der Waals surface area contributed by atoms with E-state index in [-0.39, 0.29) is 5.91 Å². The largest absolute Gasteiger partial charge is 0.460 e. The number of amides is 1. The van der Waals surface area contributed by atoms with Gasteiger partial charge < -0.3 is 4.42 Å². The van der Waals surface area contributed by atoms with Gasteiger partial charge in [-0.2, -0.15) is 5.10 Å². The molecule has 2 atom stereocenters. The van der Waals surface area contributed by atoms with Gasteiger partial charge in [-0.25, -0.2) is 5.43 Å². The SMILES string of the molecule is C[C@@H]1C[C@@H]1c1ccc(/C=N\NC(=O)c2cccs2)o1. The Labute approximate surface area is 115 Å². The van der Waals surface area contributed by atoms with Crippen LogP contribution in [-0.2, 0) is 0 Å². The van der Waals surface area contributed by atoms with Crippen molar-refractivity contribution in [2.24, 2.45) is 11.0 Å². The molecule has 3 rings (SSSR count). The van der Waals surface area contributed by atoms with Gasteiger partial charge in [0.25, 0.3) is 5.91 Å². The summed E-state index contributed by atoms with van der Waals surface area (Å²) in [5, 5.41) is 5.75. The standard InChI is InChI=1S/C14H14N2O2S/c1-9-7-11(9)12-5-4-10(18-12)8-15-16-14(17)13-3-2-6-19-13/h2-6,8-9,11H,7H2,1H3,(H,16,17)/b15-8-/t9-,11+/m1/s1. The van der Waals surface area contributed by atoms with Crippen LogP contribution in [0.1, 0.15) is 40.5 Å². The van der Waals surface area contributed by atoms with Crippen LogP contribution in [0.15, 0.2) is 39.2 Å². The normalized spacial score (nSPS) is 21.7. The van der Waals surface area contributed by atoms with Crippen LogP contribution in [0.3, 0.4) is 0 Å². The average Bonchev–Trinajstić information content (AvgIpc) is 2.90. The number of hydrazone groups is 1. The summed E-state index contributed by atoms with van der Waals surface area (Å²) < 4.78 is 5.65. The molecule has 2 heterocycles. The number of hydrogen-bond donors (Lipinski definition) is 1. The molecule has 1 aliphatic rings. The zero-order valence-corrected chi connectivity index (χ0v) is 11.3. The molecule has 0 bridgehead atoms. The number of rotatable bonds is 4. The maximum Gasteiger partial charge on any atom is 0.281 e. The van der Waals surface area contributed by atoms with Crippen molar-refractivity contribution in [1.29, 1.82) is 0 Å². The van der Waals surface area contributed by atoms with Crippen molar-refractivity contribution < 1.29 is 9.21 Å². The Kier molecular flexibility index (Phi) is 3.21. The summed E-state index contributed by atoms with van der Waals surface area (Å²) >= 11 is 1.38. The quantitative estimate of drug-likeness (QED) is 0.687. The van der Waals surface area contributed by atoms with Gasteiger partial charge in [-0.05, 0) is 35.9 Å². The topological polar surface area (TPSA) is 54.6 Å². The summed E-state index contributed by atoms with van der Waals surface area (Å²) in [6, 6.07) is 7.45. The lowest BCUT2D eigenvalue weighted by Crippen LogP contribution is -2.15. The zero-order chi connectivity index (χ0) is 13.2. The summed E-state index contributed by atoms with van der Waals surface area (Å²) in [6.45, 7) is 2.21. The molecule has 1 fully saturated rings. The monoisotopic (exact) mass is 274 g/mol. The fourth-order valence-electron chi connectivity index (χ4n) is 1.97. The van der Waals surface area contributed by atoms with Gasteiger partial charge in [0, 0.05) is 5.92 Å². The molecule has 1 aliphatic carbocycles. The lowest BCUT2D eigenvalue weighted by atomic mass is 10.3. The highest BCUT2D eigenvalue weighted by molar-refractivity contribution is 7.12. The van der Waals surface area contributed by atoms with Crippen molar-refractivity contribution in [2.75, 3.05) is 0 Å². The minimum atomic E-state index is -0.200. The maximum absolute atomic E-state index is 11.6. The Morgan fingerprint density at radius 3 is 3.05 bits per heavy atom. The molecule has 2 aromatic heterocycles. The molecule has 0 unspecified atom stereocenters. The van der Waals surface area contributed by atoms with E-state index in [4.69, 9.17) is 4.42 Å². The molecule has 1 amide bonds. The molecule has 0 aromatic carbocycles. The van der Waals surface area contributed by atoms with Gasteiger partial charge in [0.2, 0.25) is 0 Å². The van der Waals surface area contributed by atoms with Crippen molar-refractivity contribution in [3.8, 4) is 0 Å². The molecule has 5 heteroatoms. The van der Waals surface area contributed by atoms with Crippen LogP contribution in [0.2, 0.25) is 0 Å². The Morgan fingerprint density at radius 1 is 1.53 bits per heavy atom. The third-order valence-electron chi connectivity index (χ3n) is 3.23. The number of carbonyl (C=O) groups is 1. The smallest absolute Gasteiger partial charge is 0.281 e. The molecule has 0 radical (unpaired) electrons. The van der Waals surface area contributed by atoms with Crippen LogP contribution >= 0.6 is 11.3 Å². The third kappa shape index (κ3) is 2.76. The Hall–Kier alpha value is -1.88. The van der Waals surface area contributed by atoms with E-state index in [0.717, 1.165) is 11.7 Å². The van der Waals surface area contributed by atoms with Crippen LogP contribution in [0, 0.1) is 5.92 Å². The van der Waals surface area contributed by atoms with Gasteiger partial charge in [0.05, 0.1) is 11.1 Å². The lowest BCUT2D eigenvalue weighted by Gasteiger charge is -1.94. The van der Waals surface area contributed by atoms with Crippen LogP contribution in [0.5, 0.6) is 0 Å². The second kappa shape index (κ2) is 5.01. The first-order chi connectivity index (χ1) is 9.24. The number of nitrogens with one attached hydrogen (secondary N) is 1. The highest BCUT2D eigenvalue weighted by Crippen LogP contribution is 2.47. The van der Waals surface area contributed by atoms with E-state index in [1.165, 1.54) is 24.0 Å². The van der Waals surface area contributed by atoms with Crippen molar-refractivity contribution >= 4 is 23.5 Å². The van der Waals surface area contributed by atoms with Gasteiger partial charge in [-0.1, -0.05) is 13.0 Å². The molecule has 0 spiro atoms. The van der Waals surface area contributed by atoms with E-state index in [0.29, 0.717) is 16.6 Å². The lowest BCUT2D eigenvalue weighted by molar-refractivity contribution is 0.0959. The van der Waals surface area contributed by atoms with Crippen LogP contribution < -0.4 is 5.43 Å². The second-order valence-electron chi connectivity index (χ2n) is 4.74. The van der Waals surface area contributed by atoms with Gasteiger partial charge in [0.1, 0.15) is 11.5 Å². The van der Waals surface area contributed by atoms with Gasteiger partial charge in [-0.3, -0.25) is 4.79 Å². The van der Waals surface area contributed by atoms with E-state index in [9.17, 15) is 4.79 Å². The Balaban J connectivity index is 1.57. The highest BCUT2D eigenvalue weighted by atomic mass is 32.1. The molecule has 0 aliphatic heterocycles. The minimum Gasteiger partial charge on any atom is -0.460 e. The predicted octanol–water partition coefficient (Wildman–Crippen LogP) is 3.23. The van der Waals surface area contributed by atoms with E-state index < -0.39 is 0 Å². The van der Waals surface area contributed by atoms with E-state index >= 15 is 0 Å². The fraction of sp³-hybridized carbons (Fsp3) is 0.286. The van der Waals surface area contributed by atoms with E-state index in [2.05, 4.69) is 17.5 Å². The van der Waals surface area contributed by atoms with Crippen molar-refractivity contribution in [3.63, 3.8) is 0 Å². The fourth-order valence-corrected chi connectivity index (χ4v) is 2.59. The predicted molar refractivity (Wildman–Crippen MR) is 74.6 cm³/mol. The number of thiophene rings is 1. The minimum absolute atomic E-state index is 0.200. The number of nitrogens with zero attached hydrogens (tertiary/aromatic N) is 1. The van der Waals surface area contributed by atoms with Crippen LogP contribution in [0.4, 0.5) is 0 Å². The summed E-state index contributed by atoms with van der Waals surface area (Å²) in [7, 11) is 0. The molecular weight excluding hydrogens is 260 g/mol. The summed E-state index contributed by atoms with van der Waals surface area (Å²) in [6.07, 6.45) is 2.72. The molecule has 1 saturated carbocycles. The summed E-state index contributed by atoms with van der Waals surface area (Å²) in [4.78, 5) is 12.3. The average molecular weight is 274 g/mol. The van der Waals surface area contributed by atoms with E-state index in [1.807, 2.05) is 23.6 Å². The number of carbonyl (C=O) groups excluding carboxylic acids is 1. The van der Waals surface area contributed by atoms with Crippen molar-refractivity contribution in [3.05, 3.63) is 46.0 Å². The van der Waals surface area contributed by atoms with Crippen LogP contribution in [-0.4, -0.2) is 12.1 Å².